The van der Waals surface area contributed by atoms with E-state index in [0.717, 1.165) is 10.5 Å². The molecule has 1 aromatic carbocycles. The minimum atomic E-state index is -0.890. The molecule has 7 heteroatoms. The predicted octanol–water partition coefficient (Wildman–Crippen LogP) is 2.06. The summed E-state index contributed by atoms with van der Waals surface area (Å²) in [6, 6.07) is 7.64. The van der Waals surface area contributed by atoms with Gasteiger partial charge in [0.15, 0.2) is 0 Å². The van der Waals surface area contributed by atoms with Crippen LogP contribution in [0.25, 0.3) is 0 Å². The second-order valence-electron chi connectivity index (χ2n) is 6.19. The highest BCUT2D eigenvalue weighted by Crippen LogP contribution is 2.14. The largest absolute Gasteiger partial charge is 0.459 e. The lowest BCUT2D eigenvalue weighted by atomic mass is 10.2. The van der Waals surface area contributed by atoms with E-state index in [9.17, 15) is 14.4 Å². The number of amides is 3. The number of imide groups is 1. The third kappa shape index (κ3) is 4.70. The lowest BCUT2D eigenvalue weighted by Gasteiger charge is -2.22. The van der Waals surface area contributed by atoms with Crippen LogP contribution in [0.4, 0.5) is 9.59 Å². The summed E-state index contributed by atoms with van der Waals surface area (Å²) in [5.41, 5.74) is 0.123. The van der Waals surface area contributed by atoms with Crippen LogP contribution in [0.15, 0.2) is 30.3 Å². The van der Waals surface area contributed by atoms with Gasteiger partial charge in [-0.3, -0.25) is 0 Å². The number of rotatable bonds is 3. The van der Waals surface area contributed by atoms with Crippen LogP contribution in [0.1, 0.15) is 26.3 Å². The molecule has 1 atom stereocenters. The Bertz CT molecular complexity index is 594. The van der Waals surface area contributed by atoms with E-state index in [1.165, 1.54) is 0 Å². The zero-order chi connectivity index (χ0) is 17.0. The molecule has 0 unspecified atom stereocenters. The average Bonchev–Trinajstić information content (AvgIpc) is 2.86. The maximum Gasteiger partial charge on any atom is 0.418 e. The quantitative estimate of drug-likeness (QED) is 0.862. The first-order valence-corrected chi connectivity index (χ1v) is 7.28. The molecule has 0 aliphatic carbocycles. The Morgan fingerprint density at radius 1 is 1.26 bits per heavy atom. The van der Waals surface area contributed by atoms with Crippen molar-refractivity contribution in [1.29, 1.82) is 0 Å². The van der Waals surface area contributed by atoms with Gasteiger partial charge in [-0.05, 0) is 26.3 Å². The summed E-state index contributed by atoms with van der Waals surface area (Å²) >= 11 is 0. The van der Waals surface area contributed by atoms with Crippen LogP contribution in [-0.4, -0.2) is 41.2 Å². The third-order valence-electron chi connectivity index (χ3n) is 3.03. The number of benzene rings is 1. The van der Waals surface area contributed by atoms with Crippen LogP contribution in [0.3, 0.4) is 0 Å². The Labute approximate surface area is 134 Å². The van der Waals surface area contributed by atoms with Gasteiger partial charge in [0, 0.05) is 0 Å². The second-order valence-corrected chi connectivity index (χ2v) is 6.19. The fraction of sp³-hybridized carbons (Fsp3) is 0.438. The van der Waals surface area contributed by atoms with Gasteiger partial charge < -0.3 is 14.8 Å². The first-order chi connectivity index (χ1) is 10.8. The summed E-state index contributed by atoms with van der Waals surface area (Å²) in [6.07, 6.45) is -0.784. The zero-order valence-electron chi connectivity index (χ0n) is 13.4. The third-order valence-corrected chi connectivity index (χ3v) is 3.03. The number of nitrogens with one attached hydrogen (secondary N) is 1. The number of ether oxygens (including phenoxy) is 2. The van der Waals surface area contributed by atoms with Crippen molar-refractivity contribution in [2.75, 3.05) is 6.54 Å². The Morgan fingerprint density at radius 3 is 2.52 bits per heavy atom. The van der Waals surface area contributed by atoms with E-state index in [0.29, 0.717) is 0 Å². The van der Waals surface area contributed by atoms with Gasteiger partial charge in [-0.25, -0.2) is 19.3 Å². The molecule has 0 spiro atoms. The summed E-state index contributed by atoms with van der Waals surface area (Å²) in [4.78, 5) is 36.6. The molecular weight excluding hydrogens is 300 g/mol. The average molecular weight is 320 g/mol. The molecule has 0 radical (unpaired) electrons. The molecule has 1 N–H and O–H groups in total. The maximum absolute atomic E-state index is 12.0. The van der Waals surface area contributed by atoms with Crippen LogP contribution in [-0.2, 0) is 20.9 Å². The van der Waals surface area contributed by atoms with E-state index in [1.807, 2.05) is 30.3 Å². The van der Waals surface area contributed by atoms with Crippen molar-refractivity contribution in [1.82, 2.24) is 10.2 Å². The smallest absolute Gasteiger partial charge is 0.418 e. The predicted molar refractivity (Wildman–Crippen MR) is 81.5 cm³/mol. The van der Waals surface area contributed by atoms with Crippen LogP contribution in [0, 0.1) is 0 Å². The lowest BCUT2D eigenvalue weighted by Crippen LogP contribution is -2.38. The SMILES string of the molecule is CC(C)(C)OC(=O)N1C[C@@H](C(=O)OCc2ccccc2)NC1=O. The van der Waals surface area contributed by atoms with Gasteiger partial charge in [0.05, 0.1) is 6.54 Å². The summed E-state index contributed by atoms with van der Waals surface area (Å²) < 4.78 is 10.3. The summed E-state index contributed by atoms with van der Waals surface area (Å²) in [5.74, 6) is -0.590. The molecule has 124 valence electrons. The molecular formula is C16H20N2O5. The first-order valence-electron chi connectivity index (χ1n) is 7.28. The number of hydrogen-bond acceptors (Lipinski definition) is 5. The van der Waals surface area contributed by atoms with Crippen molar-refractivity contribution in [3.63, 3.8) is 0 Å². The van der Waals surface area contributed by atoms with Crippen LogP contribution in [0.2, 0.25) is 0 Å². The van der Waals surface area contributed by atoms with Gasteiger partial charge >= 0.3 is 18.1 Å². The molecule has 0 bridgehead atoms. The molecule has 1 aromatic rings. The van der Waals surface area contributed by atoms with Gasteiger partial charge in [-0.15, -0.1) is 0 Å². The minimum Gasteiger partial charge on any atom is -0.459 e. The van der Waals surface area contributed by atoms with Crippen molar-refractivity contribution in [2.24, 2.45) is 0 Å². The summed E-state index contributed by atoms with van der Waals surface area (Å²) in [6.45, 7) is 5.10. The zero-order valence-corrected chi connectivity index (χ0v) is 13.4. The maximum atomic E-state index is 12.0. The molecule has 3 amide bonds. The molecule has 0 saturated carbocycles. The Morgan fingerprint density at radius 2 is 1.91 bits per heavy atom. The molecule has 7 nitrogen and oxygen atoms in total. The van der Waals surface area contributed by atoms with Gasteiger partial charge in [0.1, 0.15) is 18.2 Å². The highest BCUT2D eigenvalue weighted by molar-refractivity contribution is 5.97. The Balaban J connectivity index is 1.89. The van der Waals surface area contributed by atoms with Crippen LogP contribution < -0.4 is 5.32 Å². The van der Waals surface area contributed by atoms with E-state index in [1.54, 1.807) is 20.8 Å². The molecule has 1 saturated heterocycles. The van der Waals surface area contributed by atoms with E-state index >= 15 is 0 Å². The van der Waals surface area contributed by atoms with Gasteiger partial charge in [-0.1, -0.05) is 30.3 Å². The summed E-state index contributed by atoms with van der Waals surface area (Å²) in [7, 11) is 0. The topological polar surface area (TPSA) is 84.9 Å². The molecule has 0 aromatic heterocycles. The van der Waals surface area contributed by atoms with E-state index in [2.05, 4.69) is 5.32 Å². The molecule has 1 aliphatic rings. The molecule has 23 heavy (non-hydrogen) atoms. The fourth-order valence-electron chi connectivity index (χ4n) is 1.98. The highest BCUT2D eigenvalue weighted by atomic mass is 16.6. The minimum absolute atomic E-state index is 0.110. The molecule has 1 fully saturated rings. The van der Waals surface area contributed by atoms with Gasteiger partial charge in [0.2, 0.25) is 0 Å². The number of urea groups is 1. The van der Waals surface area contributed by atoms with Crippen molar-refractivity contribution >= 4 is 18.1 Å². The molecule has 1 aliphatic heterocycles. The number of nitrogens with zero attached hydrogens (tertiary/aromatic N) is 1. The first kappa shape index (κ1) is 16.8. The Hall–Kier alpha value is -2.57. The number of hydrogen-bond donors (Lipinski definition) is 1. The fourth-order valence-corrected chi connectivity index (χ4v) is 1.98. The Kier molecular flexibility index (Phi) is 4.88. The molecule has 1 heterocycles. The summed E-state index contributed by atoms with van der Waals surface area (Å²) in [5, 5.41) is 2.42. The van der Waals surface area contributed by atoms with Crippen molar-refractivity contribution in [3.8, 4) is 0 Å². The standard InChI is InChI=1S/C16H20N2O5/c1-16(2,3)23-15(21)18-9-12(17-14(18)20)13(19)22-10-11-7-5-4-6-8-11/h4-8,12H,9-10H2,1-3H3,(H,17,20)/t12-/m0/s1. The number of esters is 1. The van der Waals surface area contributed by atoms with E-state index in [-0.39, 0.29) is 13.2 Å². The van der Waals surface area contributed by atoms with Gasteiger partial charge in [0.25, 0.3) is 0 Å². The van der Waals surface area contributed by atoms with Crippen molar-refractivity contribution in [2.45, 2.75) is 39.0 Å². The number of carbonyl (C=O) groups is 3. The van der Waals surface area contributed by atoms with Crippen LogP contribution in [0.5, 0.6) is 0 Å². The van der Waals surface area contributed by atoms with Crippen molar-refractivity contribution in [3.05, 3.63) is 35.9 Å². The second kappa shape index (κ2) is 6.68. The van der Waals surface area contributed by atoms with Crippen molar-refractivity contribution < 1.29 is 23.9 Å². The monoisotopic (exact) mass is 320 g/mol. The van der Waals surface area contributed by atoms with Gasteiger partial charge in [-0.2, -0.15) is 0 Å². The van der Waals surface area contributed by atoms with Crippen LogP contribution >= 0.6 is 0 Å². The lowest BCUT2D eigenvalue weighted by molar-refractivity contribution is -0.146. The van der Waals surface area contributed by atoms with E-state index < -0.39 is 29.7 Å². The molecule has 2 rings (SSSR count). The van der Waals surface area contributed by atoms with E-state index in [4.69, 9.17) is 9.47 Å². The normalized spacial score (nSPS) is 17.6. The number of carbonyl (C=O) groups excluding carboxylic acids is 3. The highest BCUT2D eigenvalue weighted by Gasteiger charge is 2.40.